The van der Waals surface area contributed by atoms with Crippen LogP contribution in [0.1, 0.15) is 29.1 Å². The molecular weight excluding hydrogens is 468 g/mol. The van der Waals surface area contributed by atoms with Crippen molar-refractivity contribution in [2.45, 2.75) is 38.1 Å². The summed E-state index contributed by atoms with van der Waals surface area (Å²) < 4.78 is 30.0. The molecule has 4 rings (SSSR count). The molecule has 1 aliphatic rings. The van der Waals surface area contributed by atoms with Crippen LogP contribution in [-0.4, -0.2) is 41.5 Å². The summed E-state index contributed by atoms with van der Waals surface area (Å²) in [6, 6.07) is 11.0. The summed E-state index contributed by atoms with van der Waals surface area (Å²) in [5, 5.41) is 10.0. The molecule has 0 spiro atoms. The van der Waals surface area contributed by atoms with Crippen molar-refractivity contribution >= 4 is 38.9 Å². The maximum Gasteiger partial charge on any atom is 0.246 e. The Balaban J connectivity index is 1.45. The van der Waals surface area contributed by atoms with Gasteiger partial charge in [0.1, 0.15) is 4.90 Å². The first kappa shape index (κ1) is 23.0. The fourth-order valence-corrected chi connectivity index (χ4v) is 6.65. The maximum absolute atomic E-state index is 13.4. The minimum absolute atomic E-state index is 0.0154. The van der Waals surface area contributed by atoms with E-state index in [0.29, 0.717) is 48.9 Å². The Labute approximate surface area is 197 Å². The average molecular weight is 493 g/mol. The normalized spacial score (nSPS) is 15.7. The van der Waals surface area contributed by atoms with Gasteiger partial charge in [0.15, 0.2) is 0 Å². The molecule has 3 heterocycles. The Morgan fingerprint density at radius 1 is 1.19 bits per heavy atom. The molecule has 0 radical (unpaired) electrons. The highest BCUT2D eigenvalue weighted by molar-refractivity contribution is 7.89. The molecular formula is C22H25ClN4O3S2. The van der Waals surface area contributed by atoms with E-state index >= 15 is 0 Å². The summed E-state index contributed by atoms with van der Waals surface area (Å²) in [6.45, 7) is 4.59. The number of thiophene rings is 1. The standard InChI is InChI=1S/C22H25ClN4O3S2/c1-15-21(16(2)27(25-15)19-7-5-18(23)6-8-19)32(29,30)26-11-9-17(10-12-26)22(28)24-14-20-4-3-13-31-20/h3-8,13,17H,9-12,14H2,1-2H3,(H,24,28). The molecule has 1 aliphatic heterocycles. The molecule has 170 valence electrons. The third-order valence-electron chi connectivity index (χ3n) is 5.74. The molecule has 1 N–H and O–H groups in total. The minimum atomic E-state index is -3.72. The number of carbonyl (C=O) groups excluding carboxylic acids is 1. The molecule has 1 amide bonds. The number of aryl methyl sites for hydroxylation is 1. The molecule has 0 unspecified atom stereocenters. The molecule has 32 heavy (non-hydrogen) atoms. The second-order valence-corrected chi connectivity index (χ2v) is 11.2. The van der Waals surface area contributed by atoms with Crippen molar-refractivity contribution in [3.63, 3.8) is 0 Å². The summed E-state index contributed by atoms with van der Waals surface area (Å²) in [5.74, 6) is -0.196. The lowest BCUT2D eigenvalue weighted by Crippen LogP contribution is -2.43. The van der Waals surface area contributed by atoms with Gasteiger partial charge in [-0.15, -0.1) is 11.3 Å². The SMILES string of the molecule is Cc1nn(-c2ccc(Cl)cc2)c(C)c1S(=O)(=O)N1CCC(C(=O)NCc2cccs2)CC1. The van der Waals surface area contributed by atoms with Crippen LogP contribution in [0, 0.1) is 19.8 Å². The third-order valence-corrected chi connectivity index (χ3v) is 9.02. The smallest absolute Gasteiger partial charge is 0.246 e. The van der Waals surface area contributed by atoms with E-state index in [9.17, 15) is 13.2 Å². The first-order chi connectivity index (χ1) is 15.3. The highest BCUT2D eigenvalue weighted by atomic mass is 35.5. The van der Waals surface area contributed by atoms with Gasteiger partial charge in [0.2, 0.25) is 15.9 Å². The largest absolute Gasteiger partial charge is 0.351 e. The first-order valence-electron chi connectivity index (χ1n) is 10.4. The van der Waals surface area contributed by atoms with Crippen molar-refractivity contribution in [2.75, 3.05) is 13.1 Å². The van der Waals surface area contributed by atoms with E-state index in [4.69, 9.17) is 11.6 Å². The van der Waals surface area contributed by atoms with E-state index in [-0.39, 0.29) is 16.7 Å². The first-order valence-corrected chi connectivity index (χ1v) is 13.1. The molecule has 1 aromatic carbocycles. The molecule has 0 bridgehead atoms. The second kappa shape index (κ2) is 9.35. The zero-order valence-corrected chi connectivity index (χ0v) is 20.3. The topological polar surface area (TPSA) is 84.3 Å². The number of hydrogen-bond donors (Lipinski definition) is 1. The molecule has 1 saturated heterocycles. The van der Waals surface area contributed by atoms with E-state index < -0.39 is 10.0 Å². The molecule has 10 heteroatoms. The van der Waals surface area contributed by atoms with Gasteiger partial charge in [0, 0.05) is 28.9 Å². The number of benzene rings is 1. The van der Waals surface area contributed by atoms with E-state index in [1.165, 1.54) is 4.31 Å². The summed E-state index contributed by atoms with van der Waals surface area (Å²) in [7, 11) is -3.72. The molecule has 0 saturated carbocycles. The van der Waals surface area contributed by atoms with Crippen LogP contribution in [0.25, 0.3) is 5.69 Å². The maximum atomic E-state index is 13.4. The lowest BCUT2D eigenvalue weighted by atomic mass is 9.97. The Bertz CT molecular complexity index is 1200. The number of carbonyl (C=O) groups is 1. The number of nitrogens with zero attached hydrogens (tertiary/aromatic N) is 3. The molecule has 7 nitrogen and oxygen atoms in total. The number of amides is 1. The van der Waals surface area contributed by atoms with Crippen LogP contribution >= 0.6 is 22.9 Å². The summed E-state index contributed by atoms with van der Waals surface area (Å²) in [4.78, 5) is 13.8. The second-order valence-electron chi connectivity index (χ2n) is 7.86. The van der Waals surface area contributed by atoms with Gasteiger partial charge in [-0.3, -0.25) is 4.79 Å². The number of rotatable bonds is 6. The van der Waals surface area contributed by atoms with Gasteiger partial charge in [-0.25, -0.2) is 13.1 Å². The molecule has 0 atom stereocenters. The van der Waals surface area contributed by atoms with E-state index in [0.717, 1.165) is 10.6 Å². The molecule has 1 fully saturated rings. The zero-order chi connectivity index (χ0) is 22.9. The average Bonchev–Trinajstić information content (AvgIpc) is 3.40. The van der Waals surface area contributed by atoms with E-state index in [1.54, 1.807) is 54.1 Å². The monoisotopic (exact) mass is 492 g/mol. The quantitative estimate of drug-likeness (QED) is 0.565. The number of nitrogens with one attached hydrogen (secondary N) is 1. The lowest BCUT2D eigenvalue weighted by Gasteiger charge is -2.30. The van der Waals surface area contributed by atoms with Crippen LogP contribution in [0.5, 0.6) is 0 Å². The number of sulfonamides is 1. The van der Waals surface area contributed by atoms with Crippen molar-refractivity contribution in [3.05, 3.63) is 63.1 Å². The van der Waals surface area contributed by atoms with Crippen LogP contribution < -0.4 is 5.32 Å². The van der Waals surface area contributed by atoms with Crippen LogP contribution in [-0.2, 0) is 21.4 Å². The predicted octanol–water partition coefficient (Wildman–Crippen LogP) is 3.92. The van der Waals surface area contributed by atoms with Crippen LogP contribution in [0.15, 0.2) is 46.7 Å². The van der Waals surface area contributed by atoms with Gasteiger partial charge < -0.3 is 5.32 Å². The van der Waals surface area contributed by atoms with Crippen LogP contribution in [0.2, 0.25) is 5.02 Å². The van der Waals surface area contributed by atoms with Gasteiger partial charge in [-0.2, -0.15) is 9.40 Å². The fraction of sp³-hybridized carbons (Fsp3) is 0.364. The van der Waals surface area contributed by atoms with Crippen LogP contribution in [0.3, 0.4) is 0 Å². The summed E-state index contributed by atoms with van der Waals surface area (Å²) in [5.41, 5.74) is 1.76. The van der Waals surface area contributed by atoms with E-state index in [2.05, 4.69) is 10.4 Å². The van der Waals surface area contributed by atoms with Gasteiger partial charge in [-0.05, 0) is 62.4 Å². The van der Waals surface area contributed by atoms with Crippen molar-refractivity contribution < 1.29 is 13.2 Å². The Morgan fingerprint density at radius 2 is 1.88 bits per heavy atom. The third kappa shape index (κ3) is 4.61. The van der Waals surface area contributed by atoms with Gasteiger partial charge in [0.25, 0.3) is 0 Å². The van der Waals surface area contributed by atoms with Crippen molar-refractivity contribution in [1.29, 1.82) is 0 Å². The number of piperidine rings is 1. The predicted molar refractivity (Wildman–Crippen MR) is 126 cm³/mol. The highest BCUT2D eigenvalue weighted by Gasteiger charge is 2.35. The summed E-state index contributed by atoms with van der Waals surface area (Å²) in [6.07, 6.45) is 0.998. The Morgan fingerprint density at radius 3 is 2.50 bits per heavy atom. The lowest BCUT2D eigenvalue weighted by molar-refractivity contribution is -0.126. The molecule has 0 aliphatic carbocycles. The van der Waals surface area contributed by atoms with Gasteiger partial charge in [0.05, 0.1) is 23.6 Å². The highest BCUT2D eigenvalue weighted by Crippen LogP contribution is 2.29. The van der Waals surface area contributed by atoms with Crippen LogP contribution in [0.4, 0.5) is 0 Å². The molecule has 2 aromatic heterocycles. The van der Waals surface area contributed by atoms with Crippen molar-refractivity contribution in [3.8, 4) is 5.69 Å². The number of hydrogen-bond acceptors (Lipinski definition) is 5. The van der Waals surface area contributed by atoms with Gasteiger partial charge >= 0.3 is 0 Å². The Kier molecular flexibility index (Phi) is 6.71. The number of halogens is 1. The number of aromatic nitrogens is 2. The molecule has 3 aromatic rings. The van der Waals surface area contributed by atoms with E-state index in [1.807, 2.05) is 17.5 Å². The summed E-state index contributed by atoms with van der Waals surface area (Å²) >= 11 is 7.57. The zero-order valence-electron chi connectivity index (χ0n) is 17.9. The Hall–Kier alpha value is -2.20. The van der Waals surface area contributed by atoms with Crippen molar-refractivity contribution in [1.82, 2.24) is 19.4 Å². The van der Waals surface area contributed by atoms with Gasteiger partial charge in [-0.1, -0.05) is 17.7 Å². The minimum Gasteiger partial charge on any atom is -0.351 e. The fourth-order valence-electron chi connectivity index (χ4n) is 4.05. The van der Waals surface area contributed by atoms with Crippen molar-refractivity contribution in [2.24, 2.45) is 5.92 Å².